The van der Waals surface area contributed by atoms with E-state index in [2.05, 4.69) is 53.4 Å². The molecule has 92 valence electrons. The lowest BCUT2D eigenvalue weighted by Crippen LogP contribution is -2.15. The lowest BCUT2D eigenvalue weighted by molar-refractivity contribution is 0.650. The fourth-order valence-electron chi connectivity index (χ4n) is 1.87. The van der Waals surface area contributed by atoms with Gasteiger partial charge in [0.15, 0.2) is 0 Å². The number of rotatable bonds is 6. The summed E-state index contributed by atoms with van der Waals surface area (Å²) in [5.41, 5.74) is 2.57. The molecule has 0 amide bonds. The van der Waals surface area contributed by atoms with E-state index in [1.54, 1.807) is 0 Å². The standard InChI is InChI=1S/C13H20N4/c1-3-14-9-13-6-5-7-16(13)10-12-8-15-17(4-2)11-12/h5-8,11,14H,3-4,9-10H2,1-2H3. The smallest absolute Gasteiger partial charge is 0.0539 e. The third-order valence-corrected chi connectivity index (χ3v) is 2.84. The Bertz CT molecular complexity index is 455. The molecule has 17 heavy (non-hydrogen) atoms. The van der Waals surface area contributed by atoms with E-state index in [4.69, 9.17) is 0 Å². The quantitative estimate of drug-likeness (QED) is 0.825. The van der Waals surface area contributed by atoms with Crippen LogP contribution >= 0.6 is 0 Å². The first-order valence-electron chi connectivity index (χ1n) is 6.19. The minimum atomic E-state index is 0.897. The Morgan fingerprint density at radius 1 is 1.35 bits per heavy atom. The molecule has 2 heterocycles. The van der Waals surface area contributed by atoms with Gasteiger partial charge in [0.1, 0.15) is 0 Å². The van der Waals surface area contributed by atoms with Crippen molar-refractivity contribution in [2.24, 2.45) is 0 Å². The first kappa shape index (κ1) is 11.9. The molecule has 0 spiro atoms. The van der Waals surface area contributed by atoms with Gasteiger partial charge in [-0.2, -0.15) is 5.10 Å². The topological polar surface area (TPSA) is 34.8 Å². The second-order valence-electron chi connectivity index (χ2n) is 4.11. The van der Waals surface area contributed by atoms with E-state index in [1.165, 1.54) is 11.3 Å². The van der Waals surface area contributed by atoms with Gasteiger partial charge in [-0.25, -0.2) is 0 Å². The summed E-state index contributed by atoms with van der Waals surface area (Å²) in [5, 5.41) is 7.65. The van der Waals surface area contributed by atoms with Gasteiger partial charge in [-0.15, -0.1) is 0 Å². The SMILES string of the molecule is CCNCc1cccn1Cc1cnn(CC)c1. The molecule has 0 aliphatic carbocycles. The van der Waals surface area contributed by atoms with Crippen LogP contribution in [0.1, 0.15) is 25.1 Å². The lowest BCUT2D eigenvalue weighted by atomic mass is 10.3. The Kier molecular flexibility index (Phi) is 3.98. The van der Waals surface area contributed by atoms with E-state index in [9.17, 15) is 0 Å². The van der Waals surface area contributed by atoms with Crippen LogP contribution < -0.4 is 5.32 Å². The Morgan fingerprint density at radius 3 is 2.94 bits per heavy atom. The van der Waals surface area contributed by atoms with E-state index in [0.717, 1.165) is 26.2 Å². The van der Waals surface area contributed by atoms with Gasteiger partial charge < -0.3 is 9.88 Å². The Hall–Kier alpha value is -1.55. The molecule has 0 aromatic carbocycles. The van der Waals surface area contributed by atoms with Crippen LogP contribution in [0.2, 0.25) is 0 Å². The molecule has 0 fully saturated rings. The highest BCUT2D eigenvalue weighted by Gasteiger charge is 2.03. The summed E-state index contributed by atoms with van der Waals surface area (Å²) in [6.45, 7) is 7.97. The van der Waals surface area contributed by atoms with Gasteiger partial charge in [0.05, 0.1) is 12.7 Å². The molecule has 0 atom stereocenters. The third-order valence-electron chi connectivity index (χ3n) is 2.84. The van der Waals surface area contributed by atoms with Gasteiger partial charge >= 0.3 is 0 Å². The summed E-state index contributed by atoms with van der Waals surface area (Å²) >= 11 is 0. The Labute approximate surface area is 102 Å². The monoisotopic (exact) mass is 232 g/mol. The van der Waals surface area contributed by atoms with Gasteiger partial charge in [0, 0.05) is 36.7 Å². The fraction of sp³-hybridized carbons (Fsp3) is 0.462. The van der Waals surface area contributed by atoms with Gasteiger partial charge in [-0.3, -0.25) is 4.68 Å². The highest BCUT2D eigenvalue weighted by Crippen LogP contribution is 2.07. The minimum Gasteiger partial charge on any atom is -0.346 e. The molecule has 0 aliphatic rings. The second-order valence-corrected chi connectivity index (χ2v) is 4.11. The van der Waals surface area contributed by atoms with Gasteiger partial charge in [-0.1, -0.05) is 6.92 Å². The second kappa shape index (κ2) is 5.68. The molecule has 0 radical (unpaired) electrons. The molecule has 1 N–H and O–H groups in total. The summed E-state index contributed by atoms with van der Waals surface area (Å²) < 4.78 is 4.22. The summed E-state index contributed by atoms with van der Waals surface area (Å²) in [5.74, 6) is 0. The average molecular weight is 232 g/mol. The molecule has 0 bridgehead atoms. The Morgan fingerprint density at radius 2 is 2.24 bits per heavy atom. The van der Waals surface area contributed by atoms with Gasteiger partial charge in [-0.05, 0) is 25.6 Å². The number of aromatic nitrogens is 3. The predicted octanol–water partition coefficient (Wildman–Crippen LogP) is 1.86. The van der Waals surface area contributed by atoms with Crippen LogP contribution in [0.3, 0.4) is 0 Å². The maximum atomic E-state index is 4.29. The molecule has 2 rings (SSSR count). The summed E-state index contributed by atoms with van der Waals surface area (Å²) in [6, 6.07) is 4.25. The zero-order valence-electron chi connectivity index (χ0n) is 10.6. The van der Waals surface area contributed by atoms with Gasteiger partial charge in [0.25, 0.3) is 0 Å². The highest BCUT2D eigenvalue weighted by molar-refractivity contribution is 5.12. The first-order valence-corrected chi connectivity index (χ1v) is 6.19. The van der Waals surface area contributed by atoms with Crippen LogP contribution in [0.4, 0.5) is 0 Å². The largest absolute Gasteiger partial charge is 0.346 e. The zero-order chi connectivity index (χ0) is 12.1. The van der Waals surface area contributed by atoms with Gasteiger partial charge in [0.2, 0.25) is 0 Å². The zero-order valence-corrected chi connectivity index (χ0v) is 10.6. The van der Waals surface area contributed by atoms with Crippen LogP contribution in [0.15, 0.2) is 30.7 Å². The van der Waals surface area contributed by atoms with Crippen LogP contribution in [0, 0.1) is 0 Å². The van der Waals surface area contributed by atoms with E-state index >= 15 is 0 Å². The summed E-state index contributed by atoms with van der Waals surface area (Å²) in [4.78, 5) is 0. The molecular formula is C13H20N4. The van der Waals surface area contributed by atoms with Crippen molar-refractivity contribution >= 4 is 0 Å². The molecule has 4 nitrogen and oxygen atoms in total. The molecule has 0 saturated heterocycles. The molecule has 0 unspecified atom stereocenters. The van der Waals surface area contributed by atoms with Crippen molar-refractivity contribution in [2.45, 2.75) is 33.5 Å². The average Bonchev–Trinajstić information content (AvgIpc) is 2.96. The maximum Gasteiger partial charge on any atom is 0.0539 e. The van der Waals surface area contributed by atoms with E-state index in [-0.39, 0.29) is 0 Å². The third kappa shape index (κ3) is 2.97. The Balaban J connectivity index is 2.04. The van der Waals surface area contributed by atoms with E-state index in [0.29, 0.717) is 0 Å². The van der Waals surface area contributed by atoms with Crippen molar-refractivity contribution in [3.05, 3.63) is 42.0 Å². The number of hydrogen-bond acceptors (Lipinski definition) is 2. The molecule has 2 aromatic heterocycles. The van der Waals surface area contributed by atoms with Crippen LogP contribution in [-0.4, -0.2) is 20.9 Å². The molecular weight excluding hydrogens is 212 g/mol. The van der Waals surface area contributed by atoms with E-state index < -0.39 is 0 Å². The normalized spacial score (nSPS) is 10.9. The lowest BCUT2D eigenvalue weighted by Gasteiger charge is -2.08. The fourth-order valence-corrected chi connectivity index (χ4v) is 1.87. The number of aryl methyl sites for hydroxylation is 1. The number of nitrogens with one attached hydrogen (secondary N) is 1. The van der Waals surface area contributed by atoms with E-state index in [1.807, 2.05) is 10.9 Å². The van der Waals surface area contributed by atoms with Crippen LogP contribution in [0.25, 0.3) is 0 Å². The first-order chi connectivity index (χ1) is 8.33. The predicted molar refractivity (Wildman–Crippen MR) is 68.8 cm³/mol. The summed E-state index contributed by atoms with van der Waals surface area (Å²) in [7, 11) is 0. The van der Waals surface area contributed by atoms with Crippen LogP contribution in [-0.2, 0) is 19.6 Å². The molecule has 4 heteroatoms. The minimum absolute atomic E-state index is 0.897. The molecule has 0 aliphatic heterocycles. The summed E-state index contributed by atoms with van der Waals surface area (Å²) in [6.07, 6.45) is 6.17. The van der Waals surface area contributed by atoms with Crippen molar-refractivity contribution in [3.8, 4) is 0 Å². The molecule has 2 aromatic rings. The maximum absolute atomic E-state index is 4.29. The van der Waals surface area contributed by atoms with Crippen molar-refractivity contribution in [2.75, 3.05) is 6.54 Å². The van der Waals surface area contributed by atoms with Crippen molar-refractivity contribution in [1.82, 2.24) is 19.7 Å². The number of nitrogens with zero attached hydrogens (tertiary/aromatic N) is 3. The number of hydrogen-bond donors (Lipinski definition) is 1. The molecule has 0 saturated carbocycles. The van der Waals surface area contributed by atoms with Crippen LogP contribution in [0.5, 0.6) is 0 Å². The van der Waals surface area contributed by atoms with Crippen molar-refractivity contribution < 1.29 is 0 Å². The highest BCUT2D eigenvalue weighted by atomic mass is 15.3. The van der Waals surface area contributed by atoms with Crippen molar-refractivity contribution in [1.29, 1.82) is 0 Å². The van der Waals surface area contributed by atoms with Crippen molar-refractivity contribution in [3.63, 3.8) is 0 Å².